The van der Waals surface area contributed by atoms with Crippen LogP contribution >= 0.6 is 0 Å². The van der Waals surface area contributed by atoms with Gasteiger partial charge in [-0.15, -0.1) is 0 Å². The Labute approximate surface area is 317 Å². The first-order chi connectivity index (χ1) is 26.4. The molecule has 25 atom stereocenters. The molecule has 5 fully saturated rings. The van der Waals surface area contributed by atoms with Gasteiger partial charge in [-0.25, -0.2) is 0 Å². The minimum atomic E-state index is -1.90. The highest BCUT2D eigenvalue weighted by Crippen LogP contribution is 2.32. The molecule has 56 heavy (non-hydrogen) atoms. The fraction of sp³-hybridized carbons (Fsp3) is 1.00. The maximum atomic E-state index is 10.7. The molecule has 25 nitrogen and oxygen atoms in total. The Bertz CT molecular complexity index is 1210. The third-order valence-electron chi connectivity index (χ3n) is 10.7. The lowest BCUT2D eigenvalue weighted by Gasteiger charge is -2.44. The Morgan fingerprint density at radius 1 is 0.286 bits per heavy atom. The first kappa shape index (κ1) is 46.1. The van der Waals surface area contributed by atoms with Crippen LogP contribution in [-0.4, -0.2) is 267 Å². The molecule has 0 spiro atoms. The normalized spacial score (nSPS) is 53.2. The van der Waals surface area contributed by atoms with Crippen molar-refractivity contribution in [1.29, 1.82) is 0 Å². The van der Waals surface area contributed by atoms with Gasteiger partial charge < -0.3 is 125 Å². The number of hydrogen-bond donors (Lipinski definition) is 17. The van der Waals surface area contributed by atoms with Gasteiger partial charge in [-0.3, -0.25) is 0 Å². The second-order valence-electron chi connectivity index (χ2n) is 14.5. The van der Waals surface area contributed by atoms with Crippen LogP contribution < -0.4 is 0 Å². The molecule has 0 saturated carbocycles. The summed E-state index contributed by atoms with van der Waals surface area (Å²) in [5.74, 6) is 0. The van der Waals surface area contributed by atoms with E-state index in [9.17, 15) is 86.8 Å². The molecule has 328 valence electrons. The third kappa shape index (κ3) is 9.79. The molecule has 0 aromatic rings. The molecular weight excluding hydrogens is 772 g/mol. The molecule has 25 heteroatoms. The van der Waals surface area contributed by atoms with Gasteiger partial charge in [0.2, 0.25) is 0 Å². The summed E-state index contributed by atoms with van der Waals surface area (Å²) in [4.78, 5) is 0. The van der Waals surface area contributed by atoms with E-state index in [1.54, 1.807) is 0 Å². The fourth-order valence-electron chi connectivity index (χ4n) is 7.06. The van der Waals surface area contributed by atoms with Crippen LogP contribution in [0.25, 0.3) is 0 Å². The van der Waals surface area contributed by atoms with E-state index in [-0.39, 0.29) is 12.8 Å². The molecule has 0 aromatic carbocycles. The summed E-state index contributed by atoms with van der Waals surface area (Å²) in [7, 11) is 0. The predicted molar refractivity (Wildman–Crippen MR) is 170 cm³/mol. The minimum Gasteiger partial charge on any atom is -0.394 e. The molecule has 25 unspecified atom stereocenters. The number of aliphatic hydroxyl groups is 17. The van der Waals surface area contributed by atoms with Crippen molar-refractivity contribution in [2.45, 2.75) is 166 Å². The number of aliphatic hydroxyl groups excluding tert-OH is 17. The molecule has 5 aliphatic rings. The Balaban J connectivity index is 1.15. The Morgan fingerprint density at radius 2 is 0.571 bits per heavy atom. The molecule has 0 aliphatic carbocycles. The quantitative estimate of drug-likeness (QED) is 0.0819. The van der Waals surface area contributed by atoms with Crippen LogP contribution in [0.5, 0.6) is 0 Å². The van der Waals surface area contributed by atoms with Crippen molar-refractivity contribution < 1.29 is 125 Å². The Kier molecular flexibility index (Phi) is 16.1. The maximum absolute atomic E-state index is 10.7. The van der Waals surface area contributed by atoms with Crippen LogP contribution in [0.3, 0.4) is 0 Å². The van der Waals surface area contributed by atoms with Gasteiger partial charge in [-0.1, -0.05) is 0 Å². The van der Waals surface area contributed by atoms with Gasteiger partial charge in [0.25, 0.3) is 0 Å². The third-order valence-corrected chi connectivity index (χ3v) is 10.7. The lowest BCUT2D eigenvalue weighted by molar-refractivity contribution is -0.336. The summed E-state index contributed by atoms with van der Waals surface area (Å²) in [6.45, 7) is -2.68. The molecule has 17 N–H and O–H groups in total. The van der Waals surface area contributed by atoms with Gasteiger partial charge in [0.15, 0.2) is 25.2 Å². The summed E-state index contributed by atoms with van der Waals surface area (Å²) in [5.41, 5.74) is 0. The molecule has 5 saturated heterocycles. The highest BCUT2D eigenvalue weighted by atomic mass is 16.7. The van der Waals surface area contributed by atoms with Crippen molar-refractivity contribution in [3.8, 4) is 0 Å². The molecule has 5 aliphatic heterocycles. The molecule has 0 bridgehead atoms. The molecule has 0 radical (unpaired) electrons. The SMILES string of the molecule is OCC1OC(OCC2OC(OCC3OC(CCC4OC(OCC5OC(O)C(O)C(O)C5O)C(O)C(O)C4O)C(O)C(O)C3O)C(O)C(O)C2O)C(O)C(O)C1O. The zero-order valence-corrected chi connectivity index (χ0v) is 29.5. The summed E-state index contributed by atoms with van der Waals surface area (Å²) >= 11 is 0. The monoisotopic (exact) mass is 826 g/mol. The summed E-state index contributed by atoms with van der Waals surface area (Å²) < 4.78 is 43.5. The minimum absolute atomic E-state index is 0.232. The van der Waals surface area contributed by atoms with Crippen LogP contribution in [0.1, 0.15) is 12.8 Å². The van der Waals surface area contributed by atoms with Gasteiger partial charge in [-0.05, 0) is 12.8 Å². The Hall–Kier alpha value is -1.00. The van der Waals surface area contributed by atoms with Gasteiger partial charge in [0, 0.05) is 0 Å². The van der Waals surface area contributed by atoms with E-state index >= 15 is 0 Å². The molecule has 5 rings (SSSR count). The first-order valence-electron chi connectivity index (χ1n) is 18.0. The second-order valence-corrected chi connectivity index (χ2v) is 14.5. The second kappa shape index (κ2) is 19.6. The van der Waals surface area contributed by atoms with Crippen LogP contribution in [0.15, 0.2) is 0 Å². The van der Waals surface area contributed by atoms with Gasteiger partial charge in [-0.2, -0.15) is 0 Å². The van der Waals surface area contributed by atoms with E-state index in [0.717, 1.165) is 0 Å². The molecule has 5 heterocycles. The summed E-state index contributed by atoms with van der Waals surface area (Å²) in [5, 5.41) is 174. The predicted octanol–water partition coefficient (Wildman–Crippen LogP) is -11.1. The van der Waals surface area contributed by atoms with E-state index in [1.165, 1.54) is 0 Å². The smallest absolute Gasteiger partial charge is 0.186 e. The average molecular weight is 827 g/mol. The van der Waals surface area contributed by atoms with Gasteiger partial charge in [0.05, 0.1) is 38.6 Å². The van der Waals surface area contributed by atoms with E-state index in [1.807, 2.05) is 0 Å². The van der Waals surface area contributed by atoms with Gasteiger partial charge in [0.1, 0.15) is 116 Å². The molecular formula is C31H54O25. The standard InChI is InChI=1S/C31H54O25/c32-3-9-15(35)22(42)26(46)30(55-9)51-6-12-18(38)23(43)27(47)31(56-12)49-4-10-16(36)19(39)13(33)7(52-10)1-2-8-14(34)21(41)25(45)29(54-8)50-5-11-17(37)20(40)24(44)28(48)53-11/h7-48H,1-6H2. The van der Waals surface area contributed by atoms with Crippen molar-refractivity contribution in [2.75, 3.05) is 26.4 Å². The largest absolute Gasteiger partial charge is 0.394 e. The first-order valence-corrected chi connectivity index (χ1v) is 18.0. The van der Waals surface area contributed by atoms with E-state index in [2.05, 4.69) is 0 Å². The fourth-order valence-corrected chi connectivity index (χ4v) is 7.06. The van der Waals surface area contributed by atoms with Gasteiger partial charge >= 0.3 is 0 Å². The van der Waals surface area contributed by atoms with Crippen molar-refractivity contribution in [3.05, 3.63) is 0 Å². The highest BCUT2D eigenvalue weighted by Gasteiger charge is 2.51. The van der Waals surface area contributed by atoms with E-state index in [4.69, 9.17) is 37.9 Å². The number of ether oxygens (including phenoxy) is 8. The lowest BCUT2D eigenvalue weighted by atomic mass is 9.90. The van der Waals surface area contributed by atoms with E-state index < -0.39 is 180 Å². The number of hydrogen-bond acceptors (Lipinski definition) is 25. The number of rotatable bonds is 13. The topological polar surface area (TPSA) is 418 Å². The van der Waals surface area contributed by atoms with Crippen molar-refractivity contribution >= 4 is 0 Å². The van der Waals surface area contributed by atoms with Crippen molar-refractivity contribution in [2.24, 2.45) is 0 Å². The van der Waals surface area contributed by atoms with Crippen LogP contribution in [-0.2, 0) is 37.9 Å². The van der Waals surface area contributed by atoms with Crippen molar-refractivity contribution in [1.82, 2.24) is 0 Å². The van der Waals surface area contributed by atoms with Crippen LogP contribution in [0.4, 0.5) is 0 Å². The summed E-state index contributed by atoms with van der Waals surface area (Å²) in [6, 6.07) is 0. The molecule has 0 aromatic heterocycles. The Morgan fingerprint density at radius 3 is 1.00 bits per heavy atom. The molecule has 0 amide bonds. The van der Waals surface area contributed by atoms with Crippen LogP contribution in [0, 0.1) is 0 Å². The van der Waals surface area contributed by atoms with E-state index in [0.29, 0.717) is 0 Å². The summed E-state index contributed by atoms with van der Waals surface area (Å²) in [6.07, 6.45) is -42.5. The zero-order valence-electron chi connectivity index (χ0n) is 29.5. The average Bonchev–Trinajstić information content (AvgIpc) is 3.18. The maximum Gasteiger partial charge on any atom is 0.186 e. The highest BCUT2D eigenvalue weighted by molar-refractivity contribution is 4.96. The van der Waals surface area contributed by atoms with Crippen molar-refractivity contribution in [3.63, 3.8) is 0 Å². The lowest BCUT2D eigenvalue weighted by Crippen LogP contribution is -2.62. The zero-order chi connectivity index (χ0) is 41.3. The van der Waals surface area contributed by atoms with Crippen LogP contribution in [0.2, 0.25) is 0 Å².